The monoisotopic (exact) mass is 457 g/mol. The molecule has 0 saturated carbocycles. The third-order valence-electron chi connectivity index (χ3n) is 5.04. The van der Waals surface area contributed by atoms with Crippen LogP contribution in [0.3, 0.4) is 0 Å². The second kappa shape index (κ2) is 8.24. The predicted octanol–water partition coefficient (Wildman–Crippen LogP) is 3.25. The van der Waals surface area contributed by atoms with E-state index in [0.717, 1.165) is 6.42 Å². The Hall–Kier alpha value is -3.04. The molecular weight excluding hydrogens is 438 g/mol. The first-order valence-electron chi connectivity index (χ1n) is 9.72. The molecule has 0 aliphatic heterocycles. The number of hydrogen-bond acceptors (Lipinski definition) is 6. The highest BCUT2D eigenvalue weighted by atomic mass is 35.5. The Labute approximate surface area is 186 Å². The van der Waals surface area contributed by atoms with Crippen molar-refractivity contribution < 1.29 is 4.79 Å². The number of rotatable bonds is 5. The molecular formula is C21H20ClN5O3S. The van der Waals surface area contributed by atoms with Crippen LogP contribution in [0.1, 0.15) is 34.4 Å². The van der Waals surface area contributed by atoms with E-state index in [4.69, 9.17) is 11.6 Å². The Balaban J connectivity index is 1.74. The molecule has 0 atom stereocenters. The molecule has 10 heteroatoms. The van der Waals surface area contributed by atoms with Gasteiger partial charge in [-0.25, -0.2) is 9.97 Å². The molecule has 160 valence electrons. The average Bonchev–Trinajstić information content (AvgIpc) is 3.06. The van der Waals surface area contributed by atoms with E-state index in [2.05, 4.69) is 15.0 Å². The van der Waals surface area contributed by atoms with Gasteiger partial charge >= 0.3 is 0 Å². The molecule has 3 heterocycles. The fourth-order valence-electron chi connectivity index (χ4n) is 3.50. The van der Waals surface area contributed by atoms with Gasteiger partial charge in [-0.15, -0.1) is 11.3 Å². The molecule has 0 spiro atoms. The first kappa shape index (κ1) is 21.2. The van der Waals surface area contributed by atoms with Crippen molar-refractivity contribution in [3.63, 3.8) is 0 Å². The van der Waals surface area contributed by atoms with Crippen LogP contribution in [0.25, 0.3) is 21.1 Å². The van der Waals surface area contributed by atoms with E-state index in [0.29, 0.717) is 49.0 Å². The number of fused-ring (bicyclic) bond motifs is 2. The van der Waals surface area contributed by atoms with Gasteiger partial charge in [0.1, 0.15) is 10.7 Å². The summed E-state index contributed by atoms with van der Waals surface area (Å²) in [5.41, 5.74) is 0.621. The summed E-state index contributed by atoms with van der Waals surface area (Å²) >= 11 is 7.24. The topological polar surface area (TPSA) is 101 Å². The molecule has 0 bridgehead atoms. The van der Waals surface area contributed by atoms with Crippen molar-refractivity contribution in [1.29, 1.82) is 0 Å². The summed E-state index contributed by atoms with van der Waals surface area (Å²) in [6.07, 6.45) is 2.17. The first-order valence-corrected chi connectivity index (χ1v) is 10.9. The minimum Gasteiger partial charge on any atom is -0.330 e. The number of benzene rings is 1. The summed E-state index contributed by atoms with van der Waals surface area (Å²) in [4.78, 5) is 52.5. The molecule has 3 aromatic heterocycles. The molecule has 0 unspecified atom stereocenters. The lowest BCUT2D eigenvalue weighted by molar-refractivity contribution is 0.0743. The second-order valence-corrected chi connectivity index (χ2v) is 8.73. The van der Waals surface area contributed by atoms with Crippen molar-refractivity contribution in [3.8, 4) is 0 Å². The van der Waals surface area contributed by atoms with Gasteiger partial charge in [-0.2, -0.15) is 0 Å². The quantitative estimate of drug-likeness (QED) is 0.495. The number of nitrogens with zero attached hydrogens (tertiary/aromatic N) is 4. The van der Waals surface area contributed by atoms with E-state index >= 15 is 0 Å². The number of H-pyrrole nitrogens is 1. The zero-order valence-electron chi connectivity index (χ0n) is 17.2. The van der Waals surface area contributed by atoms with Gasteiger partial charge in [0.05, 0.1) is 34.0 Å². The summed E-state index contributed by atoms with van der Waals surface area (Å²) in [6, 6.07) is 4.88. The number of hydrogen-bond donors (Lipinski definition) is 1. The smallest absolute Gasteiger partial charge is 0.264 e. The van der Waals surface area contributed by atoms with Crippen LogP contribution < -0.4 is 11.1 Å². The molecule has 0 aliphatic rings. The van der Waals surface area contributed by atoms with Crippen LogP contribution in [0.5, 0.6) is 0 Å². The summed E-state index contributed by atoms with van der Waals surface area (Å²) in [6.45, 7) is 4.32. The van der Waals surface area contributed by atoms with Crippen LogP contribution in [0, 0.1) is 6.92 Å². The van der Waals surface area contributed by atoms with Crippen molar-refractivity contribution in [2.75, 3.05) is 6.54 Å². The molecule has 8 nitrogen and oxygen atoms in total. The van der Waals surface area contributed by atoms with Crippen LogP contribution in [-0.2, 0) is 13.6 Å². The molecule has 0 fully saturated rings. The summed E-state index contributed by atoms with van der Waals surface area (Å²) in [5.74, 6) is 0.146. The molecule has 31 heavy (non-hydrogen) atoms. The summed E-state index contributed by atoms with van der Waals surface area (Å²) in [7, 11) is 1.63. The Morgan fingerprint density at radius 2 is 2.10 bits per heavy atom. The van der Waals surface area contributed by atoms with Crippen LogP contribution in [-0.4, -0.2) is 36.9 Å². The molecule has 0 saturated heterocycles. The zero-order valence-corrected chi connectivity index (χ0v) is 18.8. The number of aromatic amines is 1. The normalized spacial score (nSPS) is 11.4. The number of carbonyl (C=O) groups excluding carboxylic acids is 1. The fourth-order valence-corrected chi connectivity index (χ4v) is 4.77. The van der Waals surface area contributed by atoms with Crippen molar-refractivity contribution in [1.82, 2.24) is 24.4 Å². The molecule has 0 radical (unpaired) electrons. The molecule has 1 amide bonds. The molecule has 1 aromatic carbocycles. The molecule has 4 aromatic rings. The highest BCUT2D eigenvalue weighted by Gasteiger charge is 2.24. The van der Waals surface area contributed by atoms with Gasteiger partial charge in [-0.1, -0.05) is 18.5 Å². The lowest BCUT2D eigenvalue weighted by atomic mass is 10.2. The van der Waals surface area contributed by atoms with Crippen LogP contribution in [0.2, 0.25) is 5.02 Å². The van der Waals surface area contributed by atoms with Gasteiger partial charge in [0.2, 0.25) is 0 Å². The van der Waals surface area contributed by atoms with Crippen molar-refractivity contribution in [2.45, 2.75) is 26.8 Å². The largest absolute Gasteiger partial charge is 0.330 e. The maximum atomic E-state index is 13.4. The summed E-state index contributed by atoms with van der Waals surface area (Å²) < 4.78 is 1.40. The lowest BCUT2D eigenvalue weighted by Crippen LogP contribution is -2.32. The van der Waals surface area contributed by atoms with Gasteiger partial charge in [0, 0.05) is 18.6 Å². The van der Waals surface area contributed by atoms with E-state index in [-0.39, 0.29) is 23.6 Å². The van der Waals surface area contributed by atoms with Crippen molar-refractivity contribution in [2.24, 2.45) is 7.05 Å². The van der Waals surface area contributed by atoms with Gasteiger partial charge < -0.3 is 14.5 Å². The Kier molecular flexibility index (Phi) is 5.63. The predicted molar refractivity (Wildman–Crippen MR) is 122 cm³/mol. The maximum Gasteiger partial charge on any atom is 0.264 e. The number of thiophene rings is 1. The van der Waals surface area contributed by atoms with Gasteiger partial charge in [-0.3, -0.25) is 14.4 Å². The molecule has 4 rings (SSSR count). The minimum atomic E-state index is -0.286. The Bertz CT molecular complexity index is 1440. The number of nitrogens with one attached hydrogen (secondary N) is 1. The molecule has 1 N–H and O–H groups in total. The Morgan fingerprint density at radius 1 is 1.32 bits per heavy atom. The number of halogens is 1. The van der Waals surface area contributed by atoms with Gasteiger partial charge in [-0.05, 0) is 37.1 Å². The van der Waals surface area contributed by atoms with Crippen LogP contribution in [0.4, 0.5) is 0 Å². The zero-order chi connectivity index (χ0) is 22.3. The summed E-state index contributed by atoms with van der Waals surface area (Å²) in [5, 5.41) is 1.37. The standard InChI is InChI=1S/C21H20ClN5O3S/c1-4-7-27(9-15-24-14-8-12(22)5-6-13(14)18(28)25-15)21(30)17-11(2)16-19(31-17)23-10-26(3)20(16)29/h5-6,8,10H,4,7,9H2,1-3H3,(H,24,25,28). The highest BCUT2D eigenvalue weighted by Crippen LogP contribution is 2.28. The van der Waals surface area contributed by atoms with Gasteiger partial charge in [0.25, 0.3) is 17.0 Å². The van der Waals surface area contributed by atoms with Crippen molar-refractivity contribution in [3.05, 3.63) is 66.5 Å². The second-order valence-electron chi connectivity index (χ2n) is 7.30. The van der Waals surface area contributed by atoms with Crippen LogP contribution in [0.15, 0.2) is 34.1 Å². The maximum absolute atomic E-state index is 13.4. The molecule has 0 aliphatic carbocycles. The van der Waals surface area contributed by atoms with E-state index in [1.807, 2.05) is 6.92 Å². The van der Waals surface area contributed by atoms with Gasteiger partial charge in [0.15, 0.2) is 0 Å². The van der Waals surface area contributed by atoms with E-state index < -0.39 is 0 Å². The Morgan fingerprint density at radius 3 is 2.84 bits per heavy atom. The van der Waals surface area contributed by atoms with E-state index in [9.17, 15) is 14.4 Å². The van der Waals surface area contributed by atoms with E-state index in [1.165, 1.54) is 22.2 Å². The van der Waals surface area contributed by atoms with Crippen LogP contribution >= 0.6 is 22.9 Å². The minimum absolute atomic E-state index is 0.128. The SMILES string of the molecule is CCCN(Cc1nc2cc(Cl)ccc2c(=O)[nH]1)C(=O)c1sc2ncn(C)c(=O)c2c1C. The number of aryl methyl sites for hydroxylation is 2. The number of aromatic nitrogens is 4. The third kappa shape index (κ3) is 3.86. The highest BCUT2D eigenvalue weighted by molar-refractivity contribution is 7.20. The number of carbonyl (C=O) groups is 1. The lowest BCUT2D eigenvalue weighted by Gasteiger charge is -2.21. The fraction of sp³-hybridized carbons (Fsp3) is 0.286. The van der Waals surface area contributed by atoms with Crippen molar-refractivity contribution >= 4 is 50.0 Å². The first-order chi connectivity index (χ1) is 14.8. The average molecular weight is 458 g/mol. The number of amides is 1. The third-order valence-corrected chi connectivity index (χ3v) is 6.47. The van der Waals surface area contributed by atoms with E-state index in [1.54, 1.807) is 37.1 Å².